The van der Waals surface area contributed by atoms with Gasteiger partial charge in [0, 0.05) is 6.04 Å². The molecule has 0 radical (unpaired) electrons. The molecule has 15 heavy (non-hydrogen) atoms. The Kier molecular flexibility index (Phi) is 5.05. The van der Waals surface area contributed by atoms with Crippen molar-refractivity contribution in [3.8, 4) is 0 Å². The zero-order chi connectivity index (χ0) is 11.3. The van der Waals surface area contributed by atoms with Crippen molar-refractivity contribution in [2.45, 2.75) is 58.0 Å². The zero-order valence-corrected chi connectivity index (χ0v) is 9.83. The zero-order valence-electron chi connectivity index (χ0n) is 9.83. The first-order chi connectivity index (χ1) is 7.20. The van der Waals surface area contributed by atoms with Crippen molar-refractivity contribution < 1.29 is 4.79 Å². The molecule has 2 atom stereocenters. The molecular formula is C11H23N3O. The molecule has 0 aliphatic carbocycles. The Morgan fingerprint density at radius 3 is 2.87 bits per heavy atom. The number of nitrogens with zero attached hydrogens (tertiary/aromatic N) is 1. The molecule has 1 amide bonds. The number of amides is 1. The third-order valence-corrected chi connectivity index (χ3v) is 3.26. The summed E-state index contributed by atoms with van der Waals surface area (Å²) in [6, 6.07) is 0.475. The van der Waals surface area contributed by atoms with Crippen molar-refractivity contribution in [2.24, 2.45) is 5.84 Å². The van der Waals surface area contributed by atoms with Crippen molar-refractivity contribution in [3.63, 3.8) is 0 Å². The van der Waals surface area contributed by atoms with Crippen LogP contribution < -0.4 is 11.3 Å². The Bertz CT molecular complexity index is 208. The minimum Gasteiger partial charge on any atom is -0.293 e. The standard InChI is InChI=1S/C11H23N3O/c1-3-6-10(11(15)13-12)14-8-5-4-7-9(14)2/h9-10H,3-8,12H2,1-2H3,(H,13,15). The predicted octanol–water partition coefficient (Wildman–Crippen LogP) is 1.02. The van der Waals surface area contributed by atoms with Gasteiger partial charge in [0.1, 0.15) is 0 Å². The molecule has 2 unspecified atom stereocenters. The Morgan fingerprint density at radius 2 is 2.33 bits per heavy atom. The maximum absolute atomic E-state index is 11.7. The van der Waals surface area contributed by atoms with Gasteiger partial charge in [0.15, 0.2) is 0 Å². The van der Waals surface area contributed by atoms with Gasteiger partial charge in [-0.1, -0.05) is 19.8 Å². The molecular weight excluding hydrogens is 190 g/mol. The number of hydrazine groups is 1. The molecule has 1 heterocycles. The largest absolute Gasteiger partial charge is 0.293 e. The van der Waals surface area contributed by atoms with Gasteiger partial charge in [-0.2, -0.15) is 0 Å². The van der Waals surface area contributed by atoms with Gasteiger partial charge in [-0.05, 0) is 32.7 Å². The summed E-state index contributed by atoms with van der Waals surface area (Å²) < 4.78 is 0. The van der Waals surface area contributed by atoms with E-state index in [4.69, 9.17) is 5.84 Å². The lowest BCUT2D eigenvalue weighted by atomic mass is 9.99. The number of nitrogens with one attached hydrogen (secondary N) is 1. The first-order valence-electron chi connectivity index (χ1n) is 5.97. The van der Waals surface area contributed by atoms with E-state index in [0.29, 0.717) is 6.04 Å². The fraction of sp³-hybridized carbons (Fsp3) is 0.909. The van der Waals surface area contributed by atoms with Crippen LogP contribution >= 0.6 is 0 Å². The molecule has 1 fully saturated rings. The van der Waals surface area contributed by atoms with Crippen LogP contribution in [0.25, 0.3) is 0 Å². The molecule has 1 saturated heterocycles. The maximum Gasteiger partial charge on any atom is 0.251 e. The third-order valence-electron chi connectivity index (χ3n) is 3.26. The van der Waals surface area contributed by atoms with Crippen LogP contribution in [-0.2, 0) is 4.79 Å². The SMILES string of the molecule is CCCC(C(=O)NN)N1CCCCC1C. The molecule has 4 heteroatoms. The van der Waals surface area contributed by atoms with E-state index in [1.54, 1.807) is 0 Å². The third kappa shape index (κ3) is 3.18. The lowest BCUT2D eigenvalue weighted by Crippen LogP contribution is -2.53. The van der Waals surface area contributed by atoms with Crippen LogP contribution in [-0.4, -0.2) is 29.4 Å². The smallest absolute Gasteiger partial charge is 0.251 e. The molecule has 0 bridgehead atoms. The molecule has 0 saturated carbocycles. The van der Waals surface area contributed by atoms with Crippen LogP contribution in [0.2, 0.25) is 0 Å². The molecule has 0 aromatic carbocycles. The van der Waals surface area contributed by atoms with E-state index in [0.717, 1.165) is 19.4 Å². The Labute approximate surface area is 92.2 Å². The van der Waals surface area contributed by atoms with Gasteiger partial charge in [0.25, 0.3) is 5.91 Å². The van der Waals surface area contributed by atoms with E-state index < -0.39 is 0 Å². The molecule has 88 valence electrons. The number of likely N-dealkylation sites (tertiary alicyclic amines) is 1. The fourth-order valence-electron chi connectivity index (χ4n) is 2.40. The number of rotatable bonds is 4. The monoisotopic (exact) mass is 213 g/mol. The van der Waals surface area contributed by atoms with Crippen molar-refractivity contribution in [1.82, 2.24) is 10.3 Å². The van der Waals surface area contributed by atoms with Crippen LogP contribution in [0.3, 0.4) is 0 Å². The molecule has 1 rings (SSSR count). The number of carbonyl (C=O) groups is 1. The molecule has 0 aromatic rings. The van der Waals surface area contributed by atoms with Gasteiger partial charge in [-0.3, -0.25) is 15.1 Å². The summed E-state index contributed by atoms with van der Waals surface area (Å²) in [7, 11) is 0. The fourth-order valence-corrected chi connectivity index (χ4v) is 2.40. The van der Waals surface area contributed by atoms with E-state index in [1.807, 2.05) is 0 Å². The molecule has 0 aromatic heterocycles. The van der Waals surface area contributed by atoms with E-state index in [1.165, 1.54) is 19.3 Å². The summed E-state index contributed by atoms with van der Waals surface area (Å²) in [4.78, 5) is 14.0. The summed E-state index contributed by atoms with van der Waals surface area (Å²) in [5.74, 6) is 5.19. The van der Waals surface area contributed by atoms with Crippen molar-refractivity contribution in [3.05, 3.63) is 0 Å². The van der Waals surface area contributed by atoms with E-state index in [2.05, 4.69) is 24.2 Å². The van der Waals surface area contributed by atoms with Crippen LogP contribution in [0.1, 0.15) is 46.0 Å². The number of carbonyl (C=O) groups excluding carboxylic acids is 1. The van der Waals surface area contributed by atoms with E-state index >= 15 is 0 Å². The minimum atomic E-state index is -0.0365. The molecule has 1 aliphatic rings. The lowest BCUT2D eigenvalue weighted by molar-refractivity contribution is -0.128. The van der Waals surface area contributed by atoms with Gasteiger partial charge in [0.05, 0.1) is 6.04 Å². The van der Waals surface area contributed by atoms with Crippen LogP contribution in [0.5, 0.6) is 0 Å². The summed E-state index contributed by atoms with van der Waals surface area (Å²) in [6.07, 6.45) is 5.58. The van der Waals surface area contributed by atoms with E-state index in [9.17, 15) is 4.79 Å². The maximum atomic E-state index is 11.7. The van der Waals surface area contributed by atoms with Crippen molar-refractivity contribution in [1.29, 1.82) is 0 Å². The summed E-state index contributed by atoms with van der Waals surface area (Å²) in [6.45, 7) is 5.33. The van der Waals surface area contributed by atoms with Crippen LogP contribution in [0, 0.1) is 0 Å². The summed E-state index contributed by atoms with van der Waals surface area (Å²) >= 11 is 0. The number of hydrogen-bond acceptors (Lipinski definition) is 3. The molecule has 1 aliphatic heterocycles. The molecule has 3 N–H and O–H groups in total. The predicted molar refractivity (Wildman–Crippen MR) is 61.0 cm³/mol. The first kappa shape index (κ1) is 12.5. The minimum absolute atomic E-state index is 0.0321. The Hall–Kier alpha value is -0.610. The van der Waals surface area contributed by atoms with Crippen molar-refractivity contribution in [2.75, 3.05) is 6.54 Å². The highest BCUT2D eigenvalue weighted by molar-refractivity contribution is 5.81. The number of nitrogens with two attached hydrogens (primary N) is 1. The first-order valence-corrected chi connectivity index (χ1v) is 5.97. The highest BCUT2D eigenvalue weighted by atomic mass is 16.2. The highest BCUT2D eigenvalue weighted by Crippen LogP contribution is 2.21. The summed E-state index contributed by atoms with van der Waals surface area (Å²) in [5, 5.41) is 0. The highest BCUT2D eigenvalue weighted by Gasteiger charge is 2.29. The second-order valence-electron chi connectivity index (χ2n) is 4.40. The Balaban J connectivity index is 2.64. The normalized spacial score (nSPS) is 24.9. The average molecular weight is 213 g/mol. The lowest BCUT2D eigenvalue weighted by Gasteiger charge is -2.38. The molecule has 4 nitrogen and oxygen atoms in total. The van der Waals surface area contributed by atoms with Gasteiger partial charge in [-0.15, -0.1) is 0 Å². The van der Waals surface area contributed by atoms with Crippen LogP contribution in [0.4, 0.5) is 0 Å². The topological polar surface area (TPSA) is 58.4 Å². The van der Waals surface area contributed by atoms with Gasteiger partial charge < -0.3 is 0 Å². The Morgan fingerprint density at radius 1 is 1.60 bits per heavy atom. The summed E-state index contributed by atoms with van der Waals surface area (Å²) in [5.41, 5.74) is 2.29. The van der Waals surface area contributed by atoms with Crippen molar-refractivity contribution >= 4 is 5.91 Å². The van der Waals surface area contributed by atoms with Gasteiger partial charge in [-0.25, -0.2) is 5.84 Å². The molecule has 0 spiro atoms. The average Bonchev–Trinajstić information content (AvgIpc) is 2.26. The van der Waals surface area contributed by atoms with Gasteiger partial charge in [0.2, 0.25) is 0 Å². The number of hydrogen-bond donors (Lipinski definition) is 2. The second-order valence-corrected chi connectivity index (χ2v) is 4.40. The van der Waals surface area contributed by atoms with E-state index in [-0.39, 0.29) is 11.9 Å². The number of piperidine rings is 1. The van der Waals surface area contributed by atoms with Gasteiger partial charge >= 0.3 is 0 Å². The van der Waals surface area contributed by atoms with Crippen LogP contribution in [0.15, 0.2) is 0 Å². The second kappa shape index (κ2) is 6.08. The quantitative estimate of drug-likeness (QED) is 0.416.